The molecule has 0 aromatic heterocycles. The molecule has 1 N–H and O–H groups in total. The van der Waals surface area contributed by atoms with Crippen molar-refractivity contribution in [3.05, 3.63) is 29.3 Å². The lowest BCUT2D eigenvalue weighted by Crippen LogP contribution is -2.42. The van der Waals surface area contributed by atoms with Crippen molar-refractivity contribution in [3.63, 3.8) is 0 Å². The van der Waals surface area contributed by atoms with Crippen LogP contribution in [0, 0.1) is 5.41 Å². The lowest BCUT2D eigenvalue weighted by Gasteiger charge is -2.38. The molecule has 2 fully saturated rings. The third-order valence-electron chi connectivity index (χ3n) is 5.57. The molecule has 1 saturated carbocycles. The predicted octanol–water partition coefficient (Wildman–Crippen LogP) is 3.44. The molecule has 0 bridgehead atoms. The van der Waals surface area contributed by atoms with Gasteiger partial charge in [-0.1, -0.05) is 12.5 Å². The Hall–Kier alpha value is -1.51. The number of aliphatic imine (C=N–C) groups is 1. The van der Waals surface area contributed by atoms with Crippen LogP contribution in [0.2, 0.25) is 0 Å². The number of rotatable bonds is 5. The minimum Gasteiger partial charge on any atom is -0.496 e. The van der Waals surface area contributed by atoms with Crippen molar-refractivity contribution >= 4 is 35.9 Å². The Morgan fingerprint density at radius 3 is 2.63 bits per heavy atom. The van der Waals surface area contributed by atoms with E-state index >= 15 is 0 Å². The number of nitrogens with zero attached hydrogens (tertiary/aromatic N) is 2. The summed E-state index contributed by atoms with van der Waals surface area (Å²) in [5.41, 5.74) is 1.93. The van der Waals surface area contributed by atoms with Crippen molar-refractivity contribution in [3.8, 4) is 5.75 Å². The first-order chi connectivity index (χ1) is 12.6. The highest BCUT2D eigenvalue weighted by Crippen LogP contribution is 2.47. The lowest BCUT2D eigenvalue weighted by atomic mass is 9.68. The number of nitrogens with one attached hydrogen (secondary N) is 1. The summed E-state index contributed by atoms with van der Waals surface area (Å²) in [5.74, 6) is 1.08. The van der Waals surface area contributed by atoms with Gasteiger partial charge in [-0.2, -0.15) is 0 Å². The molecule has 2 aliphatic rings. The largest absolute Gasteiger partial charge is 0.496 e. The molecular formula is C20H30IN3O3. The number of halogens is 1. The van der Waals surface area contributed by atoms with E-state index in [9.17, 15) is 4.79 Å². The molecule has 27 heavy (non-hydrogen) atoms. The standard InChI is InChI=1S/C20H29N3O3.HI/c1-4-21-19(23-11-10-20(14-23)8-5-9-20)22-13-15-6-7-17(25-2)16(12-15)18(24)26-3;/h6-7,12H,4-5,8-11,13-14H2,1-3H3,(H,21,22);1H. The van der Waals surface area contributed by atoms with Crippen LogP contribution in [0.15, 0.2) is 23.2 Å². The van der Waals surface area contributed by atoms with Gasteiger partial charge >= 0.3 is 5.97 Å². The minimum atomic E-state index is -0.397. The number of ether oxygens (including phenoxy) is 2. The fourth-order valence-corrected chi connectivity index (χ4v) is 3.92. The van der Waals surface area contributed by atoms with Gasteiger partial charge in [0, 0.05) is 19.6 Å². The normalized spacial score (nSPS) is 17.9. The van der Waals surface area contributed by atoms with Gasteiger partial charge in [0.25, 0.3) is 0 Å². The van der Waals surface area contributed by atoms with E-state index in [0.717, 1.165) is 31.2 Å². The number of hydrogen-bond acceptors (Lipinski definition) is 4. The van der Waals surface area contributed by atoms with Crippen molar-refractivity contribution in [2.75, 3.05) is 33.9 Å². The first kappa shape index (κ1) is 21.8. The number of carbonyl (C=O) groups excluding carboxylic acids is 1. The Morgan fingerprint density at radius 2 is 2.07 bits per heavy atom. The summed E-state index contributed by atoms with van der Waals surface area (Å²) >= 11 is 0. The molecule has 0 atom stereocenters. The van der Waals surface area contributed by atoms with Crippen LogP contribution in [0.4, 0.5) is 0 Å². The molecule has 0 radical (unpaired) electrons. The second kappa shape index (κ2) is 9.61. The van der Waals surface area contributed by atoms with E-state index in [2.05, 4.69) is 17.1 Å². The molecule has 1 aromatic rings. The van der Waals surface area contributed by atoms with Crippen LogP contribution in [-0.2, 0) is 11.3 Å². The van der Waals surface area contributed by atoms with Crippen LogP contribution in [0.1, 0.15) is 48.5 Å². The maximum atomic E-state index is 11.9. The maximum absolute atomic E-state index is 11.9. The molecule has 1 aliphatic carbocycles. The van der Waals surface area contributed by atoms with Crippen LogP contribution in [0.5, 0.6) is 5.75 Å². The molecule has 3 rings (SSSR count). The fraction of sp³-hybridized carbons (Fsp3) is 0.600. The third kappa shape index (κ3) is 4.86. The zero-order chi connectivity index (χ0) is 18.6. The fourth-order valence-electron chi connectivity index (χ4n) is 3.92. The van der Waals surface area contributed by atoms with E-state index in [1.165, 1.54) is 32.8 Å². The summed E-state index contributed by atoms with van der Waals surface area (Å²) in [6, 6.07) is 5.54. The van der Waals surface area contributed by atoms with Crippen molar-refractivity contribution in [1.82, 2.24) is 10.2 Å². The Morgan fingerprint density at radius 1 is 1.30 bits per heavy atom. The zero-order valence-electron chi connectivity index (χ0n) is 16.4. The van der Waals surface area contributed by atoms with Gasteiger partial charge in [-0.25, -0.2) is 9.79 Å². The molecule has 1 aromatic carbocycles. The number of guanidine groups is 1. The summed E-state index contributed by atoms with van der Waals surface area (Å²) in [7, 11) is 2.92. The monoisotopic (exact) mass is 487 g/mol. The summed E-state index contributed by atoms with van der Waals surface area (Å²) < 4.78 is 10.1. The molecule has 1 spiro atoms. The van der Waals surface area contributed by atoms with Crippen molar-refractivity contribution < 1.29 is 14.3 Å². The van der Waals surface area contributed by atoms with Gasteiger partial charge in [-0.3, -0.25) is 0 Å². The molecule has 1 saturated heterocycles. The van der Waals surface area contributed by atoms with Gasteiger partial charge in [0.1, 0.15) is 11.3 Å². The minimum absolute atomic E-state index is 0. The molecule has 0 unspecified atom stereocenters. The highest BCUT2D eigenvalue weighted by atomic mass is 127. The number of methoxy groups -OCH3 is 2. The molecule has 0 amide bonds. The number of carbonyl (C=O) groups is 1. The summed E-state index contributed by atoms with van der Waals surface area (Å²) in [5, 5.41) is 3.41. The molecule has 1 aliphatic heterocycles. The number of esters is 1. The van der Waals surface area contributed by atoms with Gasteiger partial charge in [0.05, 0.1) is 20.8 Å². The Bertz CT molecular complexity index is 689. The summed E-state index contributed by atoms with van der Waals surface area (Å²) in [4.78, 5) is 19.1. The van der Waals surface area contributed by atoms with Crippen molar-refractivity contribution in [1.29, 1.82) is 0 Å². The summed E-state index contributed by atoms with van der Waals surface area (Å²) in [6.07, 6.45) is 5.34. The van der Waals surface area contributed by atoms with Gasteiger partial charge < -0.3 is 19.7 Å². The van der Waals surface area contributed by atoms with E-state index in [4.69, 9.17) is 14.5 Å². The molecule has 150 valence electrons. The SMILES string of the molecule is CCNC(=NCc1ccc(OC)c(C(=O)OC)c1)N1CCC2(CCC2)C1.I. The van der Waals surface area contributed by atoms with Crippen LogP contribution in [0.3, 0.4) is 0 Å². The second-order valence-corrected chi connectivity index (χ2v) is 7.22. The highest BCUT2D eigenvalue weighted by molar-refractivity contribution is 14.0. The van der Waals surface area contributed by atoms with E-state index < -0.39 is 5.97 Å². The number of likely N-dealkylation sites (tertiary alicyclic amines) is 1. The Balaban J connectivity index is 0.00000261. The molecule has 7 heteroatoms. The molecule has 1 heterocycles. The van der Waals surface area contributed by atoms with Crippen LogP contribution >= 0.6 is 24.0 Å². The Kier molecular flexibility index (Phi) is 7.76. The predicted molar refractivity (Wildman–Crippen MR) is 117 cm³/mol. The van der Waals surface area contributed by atoms with E-state index in [1.54, 1.807) is 19.2 Å². The van der Waals surface area contributed by atoms with Gasteiger partial charge in [0.15, 0.2) is 5.96 Å². The number of benzene rings is 1. The van der Waals surface area contributed by atoms with Crippen molar-refractivity contribution in [2.45, 2.75) is 39.2 Å². The van der Waals surface area contributed by atoms with Crippen LogP contribution in [0.25, 0.3) is 0 Å². The molecule has 6 nitrogen and oxygen atoms in total. The Labute approximate surface area is 178 Å². The van der Waals surface area contributed by atoms with Gasteiger partial charge in [-0.15, -0.1) is 24.0 Å². The smallest absolute Gasteiger partial charge is 0.341 e. The van der Waals surface area contributed by atoms with E-state index in [1.807, 2.05) is 6.07 Å². The van der Waals surface area contributed by atoms with Gasteiger partial charge in [0.2, 0.25) is 0 Å². The quantitative estimate of drug-likeness (QED) is 0.299. The highest BCUT2D eigenvalue weighted by Gasteiger charge is 2.43. The topological polar surface area (TPSA) is 63.2 Å². The first-order valence-electron chi connectivity index (χ1n) is 9.39. The second-order valence-electron chi connectivity index (χ2n) is 7.22. The third-order valence-corrected chi connectivity index (χ3v) is 5.57. The van der Waals surface area contributed by atoms with E-state index in [-0.39, 0.29) is 24.0 Å². The van der Waals surface area contributed by atoms with Crippen LogP contribution < -0.4 is 10.1 Å². The van der Waals surface area contributed by atoms with E-state index in [0.29, 0.717) is 23.3 Å². The average Bonchev–Trinajstić information content (AvgIpc) is 3.10. The maximum Gasteiger partial charge on any atom is 0.341 e. The average molecular weight is 487 g/mol. The molecular weight excluding hydrogens is 457 g/mol. The first-order valence-corrected chi connectivity index (χ1v) is 9.39. The van der Waals surface area contributed by atoms with Crippen LogP contribution in [-0.4, -0.2) is 50.7 Å². The van der Waals surface area contributed by atoms with Crippen molar-refractivity contribution in [2.24, 2.45) is 10.4 Å². The lowest BCUT2D eigenvalue weighted by molar-refractivity contribution is 0.0597. The zero-order valence-corrected chi connectivity index (χ0v) is 18.7. The number of hydrogen-bond donors (Lipinski definition) is 1. The summed E-state index contributed by atoms with van der Waals surface area (Å²) in [6.45, 7) is 5.63. The van der Waals surface area contributed by atoms with Gasteiger partial charge in [-0.05, 0) is 49.3 Å².